The number of benzene rings is 1. The van der Waals surface area contributed by atoms with E-state index in [1.807, 2.05) is 18.2 Å². The van der Waals surface area contributed by atoms with Crippen LogP contribution in [0, 0.1) is 5.82 Å². The van der Waals surface area contributed by atoms with Crippen LogP contribution in [0.4, 0.5) is 10.1 Å². The predicted octanol–water partition coefficient (Wildman–Crippen LogP) is 3.59. The van der Waals surface area contributed by atoms with E-state index in [4.69, 9.17) is 0 Å². The van der Waals surface area contributed by atoms with Crippen molar-refractivity contribution in [2.45, 2.75) is 12.8 Å². The molecule has 144 valence electrons. The Labute approximate surface area is 164 Å². The normalized spacial score (nSPS) is 10.5. The summed E-state index contributed by atoms with van der Waals surface area (Å²) < 4.78 is 12.9. The molecule has 28 heavy (non-hydrogen) atoms. The third kappa shape index (κ3) is 5.61. The van der Waals surface area contributed by atoms with Crippen LogP contribution in [0.5, 0.6) is 0 Å². The van der Waals surface area contributed by atoms with Gasteiger partial charge in [-0.25, -0.2) is 4.39 Å². The van der Waals surface area contributed by atoms with Crippen molar-refractivity contribution in [2.24, 2.45) is 0 Å². The highest BCUT2D eigenvalue weighted by atomic mass is 19.1. The summed E-state index contributed by atoms with van der Waals surface area (Å²) in [5.74, 6) is -0.349. The van der Waals surface area contributed by atoms with E-state index in [1.165, 1.54) is 12.1 Å². The minimum absolute atomic E-state index is 0.115. The summed E-state index contributed by atoms with van der Waals surface area (Å²) in [6.07, 6.45) is 6.65. The molecule has 5 nitrogen and oxygen atoms in total. The zero-order valence-corrected chi connectivity index (χ0v) is 15.8. The van der Waals surface area contributed by atoms with Gasteiger partial charge in [-0.1, -0.05) is 12.1 Å². The summed E-state index contributed by atoms with van der Waals surface area (Å²) in [6, 6.07) is 14.0. The number of nitrogens with one attached hydrogen (secondary N) is 1. The number of hydrogen-bond acceptors (Lipinski definition) is 4. The lowest BCUT2D eigenvalue weighted by Gasteiger charge is -2.17. The van der Waals surface area contributed by atoms with Crippen LogP contribution in [-0.4, -0.2) is 40.9 Å². The molecule has 2 aromatic heterocycles. The smallest absolute Gasteiger partial charge is 0.272 e. The number of carbonyl (C=O) groups is 1. The maximum absolute atomic E-state index is 12.9. The minimum Gasteiger partial charge on any atom is -0.385 e. The van der Waals surface area contributed by atoms with Crippen LogP contribution < -0.4 is 5.32 Å². The zero-order valence-electron chi connectivity index (χ0n) is 15.8. The molecule has 0 atom stereocenters. The number of halogens is 1. The summed E-state index contributed by atoms with van der Waals surface area (Å²) in [5.41, 5.74) is 3.43. The summed E-state index contributed by atoms with van der Waals surface area (Å²) in [7, 11) is 1.78. The Morgan fingerprint density at radius 2 is 1.71 bits per heavy atom. The van der Waals surface area contributed by atoms with E-state index in [0.29, 0.717) is 18.8 Å². The molecular weight excluding hydrogens is 355 g/mol. The van der Waals surface area contributed by atoms with Crippen molar-refractivity contribution in [1.82, 2.24) is 14.9 Å². The van der Waals surface area contributed by atoms with Gasteiger partial charge in [0.25, 0.3) is 5.91 Å². The average Bonchev–Trinajstić information content (AvgIpc) is 2.74. The van der Waals surface area contributed by atoms with Crippen LogP contribution >= 0.6 is 0 Å². The minimum atomic E-state index is -0.234. The van der Waals surface area contributed by atoms with Gasteiger partial charge in [0.1, 0.15) is 11.5 Å². The van der Waals surface area contributed by atoms with E-state index < -0.39 is 0 Å². The summed E-state index contributed by atoms with van der Waals surface area (Å²) in [4.78, 5) is 22.5. The van der Waals surface area contributed by atoms with Crippen LogP contribution in [0.25, 0.3) is 0 Å². The summed E-state index contributed by atoms with van der Waals surface area (Å²) in [5, 5.41) is 3.29. The highest BCUT2D eigenvalue weighted by Gasteiger charge is 2.13. The van der Waals surface area contributed by atoms with Gasteiger partial charge in [0, 0.05) is 44.4 Å². The quantitative estimate of drug-likeness (QED) is 0.651. The molecule has 3 rings (SSSR count). The Hall–Kier alpha value is -3.28. The summed E-state index contributed by atoms with van der Waals surface area (Å²) >= 11 is 0. The van der Waals surface area contributed by atoms with Crippen molar-refractivity contribution >= 4 is 11.6 Å². The van der Waals surface area contributed by atoms with Gasteiger partial charge in [0.05, 0.1) is 0 Å². The second-order valence-electron chi connectivity index (χ2n) is 6.57. The number of anilines is 1. The van der Waals surface area contributed by atoms with Gasteiger partial charge >= 0.3 is 0 Å². The third-order valence-electron chi connectivity index (χ3n) is 4.47. The first-order valence-corrected chi connectivity index (χ1v) is 9.20. The molecule has 0 aliphatic heterocycles. The fourth-order valence-corrected chi connectivity index (χ4v) is 2.80. The second-order valence-corrected chi connectivity index (χ2v) is 6.57. The van der Waals surface area contributed by atoms with E-state index >= 15 is 0 Å². The Kier molecular flexibility index (Phi) is 6.68. The fourth-order valence-electron chi connectivity index (χ4n) is 2.80. The number of aromatic nitrogens is 2. The van der Waals surface area contributed by atoms with Gasteiger partial charge < -0.3 is 10.2 Å². The van der Waals surface area contributed by atoms with Crippen molar-refractivity contribution in [3.8, 4) is 0 Å². The molecular formula is C22H23FN4O. The molecule has 1 N–H and O–H groups in total. The van der Waals surface area contributed by atoms with E-state index in [-0.39, 0.29) is 11.7 Å². The second kappa shape index (κ2) is 9.60. The standard InChI is InChI=1S/C22H23FN4O/c1-27(15-10-18-6-11-24-12-7-18)22(28)21-16-20(9-14-26-21)25-13-8-17-2-4-19(23)5-3-17/h2-7,9,11-12,14,16H,8,10,13,15H2,1H3,(H,25,26). The topological polar surface area (TPSA) is 58.1 Å². The molecule has 1 aromatic carbocycles. The number of hydrogen-bond donors (Lipinski definition) is 1. The molecule has 6 heteroatoms. The Morgan fingerprint density at radius 1 is 1.00 bits per heavy atom. The van der Waals surface area contributed by atoms with Gasteiger partial charge in [0.2, 0.25) is 0 Å². The molecule has 2 heterocycles. The fraction of sp³-hybridized carbons (Fsp3) is 0.227. The molecule has 0 saturated heterocycles. The number of rotatable bonds is 8. The van der Waals surface area contributed by atoms with E-state index in [9.17, 15) is 9.18 Å². The highest BCUT2D eigenvalue weighted by molar-refractivity contribution is 5.93. The number of pyridine rings is 2. The van der Waals surface area contributed by atoms with Gasteiger partial charge in [-0.15, -0.1) is 0 Å². The molecule has 1 amide bonds. The van der Waals surface area contributed by atoms with Gasteiger partial charge in [-0.2, -0.15) is 0 Å². The number of amides is 1. The van der Waals surface area contributed by atoms with E-state index in [1.54, 1.807) is 48.7 Å². The monoisotopic (exact) mass is 378 g/mol. The molecule has 0 aliphatic carbocycles. The van der Waals surface area contributed by atoms with Crippen LogP contribution in [0.15, 0.2) is 67.1 Å². The molecule has 3 aromatic rings. The molecule has 0 aliphatic rings. The van der Waals surface area contributed by atoms with Crippen LogP contribution in [0.2, 0.25) is 0 Å². The lowest BCUT2D eigenvalue weighted by Crippen LogP contribution is -2.29. The van der Waals surface area contributed by atoms with Crippen molar-refractivity contribution < 1.29 is 9.18 Å². The van der Waals surface area contributed by atoms with Crippen LogP contribution in [0.1, 0.15) is 21.6 Å². The van der Waals surface area contributed by atoms with Gasteiger partial charge in [-0.3, -0.25) is 14.8 Å². The lowest BCUT2D eigenvalue weighted by molar-refractivity contribution is 0.0791. The molecule has 0 bridgehead atoms. The maximum Gasteiger partial charge on any atom is 0.272 e. The first-order valence-electron chi connectivity index (χ1n) is 9.20. The number of carbonyl (C=O) groups excluding carboxylic acids is 1. The van der Waals surface area contributed by atoms with Crippen molar-refractivity contribution in [3.05, 3.63) is 89.8 Å². The van der Waals surface area contributed by atoms with E-state index in [0.717, 1.165) is 29.7 Å². The molecule has 0 fully saturated rings. The van der Waals surface area contributed by atoms with Crippen molar-refractivity contribution in [3.63, 3.8) is 0 Å². The third-order valence-corrected chi connectivity index (χ3v) is 4.47. The zero-order chi connectivity index (χ0) is 19.8. The van der Waals surface area contributed by atoms with Gasteiger partial charge in [0.15, 0.2) is 0 Å². The number of likely N-dealkylation sites (N-methyl/N-ethyl adjacent to an activating group) is 1. The largest absolute Gasteiger partial charge is 0.385 e. The maximum atomic E-state index is 12.9. The molecule has 0 unspecified atom stereocenters. The number of nitrogens with zero attached hydrogens (tertiary/aromatic N) is 3. The Balaban J connectivity index is 1.52. The molecule has 0 radical (unpaired) electrons. The van der Waals surface area contributed by atoms with Crippen LogP contribution in [-0.2, 0) is 12.8 Å². The average molecular weight is 378 g/mol. The van der Waals surface area contributed by atoms with Crippen molar-refractivity contribution in [2.75, 3.05) is 25.5 Å². The summed E-state index contributed by atoms with van der Waals surface area (Å²) in [6.45, 7) is 1.29. The lowest BCUT2D eigenvalue weighted by atomic mass is 10.1. The van der Waals surface area contributed by atoms with Gasteiger partial charge in [-0.05, 0) is 60.4 Å². The Bertz CT molecular complexity index is 900. The predicted molar refractivity (Wildman–Crippen MR) is 108 cm³/mol. The van der Waals surface area contributed by atoms with Crippen LogP contribution in [0.3, 0.4) is 0 Å². The van der Waals surface area contributed by atoms with Crippen molar-refractivity contribution in [1.29, 1.82) is 0 Å². The highest BCUT2D eigenvalue weighted by Crippen LogP contribution is 2.11. The first-order chi connectivity index (χ1) is 13.6. The Morgan fingerprint density at radius 3 is 2.46 bits per heavy atom. The SMILES string of the molecule is CN(CCc1ccncc1)C(=O)c1cc(NCCc2ccc(F)cc2)ccn1. The van der Waals surface area contributed by atoms with E-state index in [2.05, 4.69) is 15.3 Å². The molecule has 0 spiro atoms. The first kappa shape index (κ1) is 19.5. The molecule has 0 saturated carbocycles.